The normalized spacial score (nSPS) is 18.1. The van der Waals surface area contributed by atoms with Crippen molar-refractivity contribution >= 4 is 16.5 Å². The molecule has 3 heteroatoms. The van der Waals surface area contributed by atoms with E-state index in [2.05, 4.69) is 115 Å². The second-order valence-electron chi connectivity index (χ2n) is 7.69. The number of hydrogen-bond acceptors (Lipinski definition) is 3. The van der Waals surface area contributed by atoms with Gasteiger partial charge >= 0.3 is 0 Å². The lowest BCUT2D eigenvalue weighted by molar-refractivity contribution is 0.134. The minimum Gasteiger partial charge on any atom is -0.471 e. The first-order chi connectivity index (χ1) is 14.2. The summed E-state index contributed by atoms with van der Waals surface area (Å²) in [6.07, 6.45) is -0.204. The lowest BCUT2D eigenvalue weighted by Crippen LogP contribution is -2.35. The van der Waals surface area contributed by atoms with Crippen LogP contribution in [0.1, 0.15) is 29.0 Å². The molecule has 4 aromatic rings. The summed E-state index contributed by atoms with van der Waals surface area (Å²) < 4.78 is 6.45. The van der Waals surface area contributed by atoms with Gasteiger partial charge in [0.15, 0.2) is 6.23 Å². The third kappa shape index (κ3) is 3.24. The van der Waals surface area contributed by atoms with Gasteiger partial charge in [0, 0.05) is 30.9 Å². The molecular weight excluding hydrogens is 356 g/mol. The van der Waals surface area contributed by atoms with Gasteiger partial charge in [-0.25, -0.2) is 0 Å². The van der Waals surface area contributed by atoms with Crippen molar-refractivity contribution in [3.8, 4) is 5.75 Å². The molecule has 1 aliphatic heterocycles. The van der Waals surface area contributed by atoms with Crippen molar-refractivity contribution in [2.24, 2.45) is 0 Å². The molecular formula is C26H24N2O. The fourth-order valence-corrected chi connectivity index (χ4v) is 4.09. The second kappa shape index (κ2) is 7.26. The van der Waals surface area contributed by atoms with Crippen LogP contribution >= 0.6 is 0 Å². The highest BCUT2D eigenvalue weighted by Crippen LogP contribution is 2.42. The van der Waals surface area contributed by atoms with Crippen molar-refractivity contribution in [3.63, 3.8) is 0 Å². The molecule has 1 aliphatic rings. The van der Waals surface area contributed by atoms with E-state index in [1.165, 1.54) is 27.6 Å². The number of fused-ring (bicyclic) bond motifs is 3. The van der Waals surface area contributed by atoms with Gasteiger partial charge < -0.3 is 9.64 Å². The number of rotatable bonds is 3. The van der Waals surface area contributed by atoms with Crippen LogP contribution in [-0.2, 0) is 0 Å². The molecule has 5 rings (SSSR count). The molecule has 1 heterocycles. The van der Waals surface area contributed by atoms with Gasteiger partial charge in [-0.3, -0.25) is 5.32 Å². The summed E-state index contributed by atoms with van der Waals surface area (Å²) in [7, 11) is 4.11. The average Bonchev–Trinajstić information content (AvgIpc) is 2.78. The molecule has 0 spiro atoms. The van der Waals surface area contributed by atoms with E-state index in [4.69, 9.17) is 4.74 Å². The highest BCUT2D eigenvalue weighted by Gasteiger charge is 2.31. The Morgan fingerprint density at radius 1 is 0.724 bits per heavy atom. The van der Waals surface area contributed by atoms with E-state index in [0.29, 0.717) is 0 Å². The van der Waals surface area contributed by atoms with Gasteiger partial charge in [-0.05, 0) is 34.5 Å². The SMILES string of the molecule is CN(C)c1ccc([C@H]2N[C@@H](c3ccccc3)c3c(ccc4ccccc34)O2)cc1. The zero-order valence-corrected chi connectivity index (χ0v) is 16.7. The van der Waals surface area contributed by atoms with Gasteiger partial charge in [-0.2, -0.15) is 0 Å². The molecule has 0 aliphatic carbocycles. The second-order valence-corrected chi connectivity index (χ2v) is 7.69. The van der Waals surface area contributed by atoms with Crippen LogP contribution < -0.4 is 15.0 Å². The third-order valence-corrected chi connectivity index (χ3v) is 5.63. The quantitative estimate of drug-likeness (QED) is 0.495. The Hall–Kier alpha value is -3.30. The zero-order chi connectivity index (χ0) is 19.8. The Bertz CT molecular complexity index is 1140. The molecule has 29 heavy (non-hydrogen) atoms. The van der Waals surface area contributed by atoms with Crippen LogP contribution in [0, 0.1) is 0 Å². The fourth-order valence-electron chi connectivity index (χ4n) is 4.09. The Kier molecular flexibility index (Phi) is 4.45. The number of ether oxygens (including phenoxy) is 1. The topological polar surface area (TPSA) is 24.5 Å². The van der Waals surface area contributed by atoms with Gasteiger partial charge in [-0.15, -0.1) is 0 Å². The Morgan fingerprint density at radius 2 is 1.45 bits per heavy atom. The summed E-state index contributed by atoms with van der Waals surface area (Å²) in [6.45, 7) is 0. The summed E-state index contributed by atoms with van der Waals surface area (Å²) in [4.78, 5) is 2.10. The predicted molar refractivity (Wildman–Crippen MR) is 120 cm³/mol. The lowest BCUT2D eigenvalue weighted by atomic mass is 9.91. The maximum absolute atomic E-state index is 6.45. The molecule has 0 amide bonds. The summed E-state index contributed by atoms with van der Waals surface area (Å²) in [5.41, 5.74) is 4.74. The summed E-state index contributed by atoms with van der Waals surface area (Å²) >= 11 is 0. The molecule has 1 N–H and O–H groups in total. The highest BCUT2D eigenvalue weighted by molar-refractivity contribution is 5.89. The van der Waals surface area contributed by atoms with E-state index in [9.17, 15) is 0 Å². The largest absolute Gasteiger partial charge is 0.471 e. The molecule has 0 bridgehead atoms. The molecule has 2 atom stereocenters. The standard InChI is InChI=1S/C26H24N2O/c1-28(2)21-15-12-20(13-16-21)26-27-25(19-9-4-3-5-10-19)24-22-11-7-6-8-18(22)14-17-23(24)29-26/h3-17,25-27H,1-2H3/t25-,26-/m0/s1. The smallest absolute Gasteiger partial charge is 0.177 e. The number of nitrogens with zero attached hydrogens (tertiary/aromatic N) is 1. The van der Waals surface area contributed by atoms with Crippen LogP contribution in [0.3, 0.4) is 0 Å². The molecule has 0 unspecified atom stereocenters. The van der Waals surface area contributed by atoms with Crippen molar-refractivity contribution in [2.75, 3.05) is 19.0 Å². The Morgan fingerprint density at radius 3 is 2.21 bits per heavy atom. The number of hydrogen-bond donors (Lipinski definition) is 1. The van der Waals surface area contributed by atoms with E-state index in [-0.39, 0.29) is 12.3 Å². The summed E-state index contributed by atoms with van der Waals surface area (Å²) in [5.74, 6) is 0.943. The number of nitrogens with one attached hydrogen (secondary N) is 1. The lowest BCUT2D eigenvalue weighted by Gasteiger charge is -2.35. The Balaban J connectivity index is 1.62. The average molecular weight is 380 g/mol. The van der Waals surface area contributed by atoms with Crippen molar-refractivity contribution in [2.45, 2.75) is 12.3 Å². The maximum atomic E-state index is 6.45. The monoisotopic (exact) mass is 380 g/mol. The molecule has 3 nitrogen and oxygen atoms in total. The molecule has 0 fully saturated rings. The van der Waals surface area contributed by atoms with Crippen LogP contribution in [0.2, 0.25) is 0 Å². The van der Waals surface area contributed by atoms with Gasteiger partial charge in [0.1, 0.15) is 5.75 Å². The molecule has 0 saturated carbocycles. The first-order valence-electron chi connectivity index (χ1n) is 9.97. The predicted octanol–water partition coefficient (Wildman–Crippen LogP) is 5.68. The van der Waals surface area contributed by atoms with E-state index in [1.807, 2.05) is 0 Å². The first kappa shape index (κ1) is 17.8. The van der Waals surface area contributed by atoms with Crippen LogP contribution in [0.15, 0.2) is 91.0 Å². The number of anilines is 1. The minimum atomic E-state index is -0.204. The van der Waals surface area contributed by atoms with Gasteiger partial charge in [-0.1, -0.05) is 72.8 Å². The fraction of sp³-hybridized carbons (Fsp3) is 0.154. The molecule has 4 aromatic carbocycles. The van der Waals surface area contributed by atoms with Crippen molar-refractivity contribution < 1.29 is 4.74 Å². The molecule has 144 valence electrons. The van der Waals surface area contributed by atoms with Gasteiger partial charge in [0.2, 0.25) is 0 Å². The first-order valence-corrected chi connectivity index (χ1v) is 9.97. The molecule has 0 saturated heterocycles. The van der Waals surface area contributed by atoms with Crippen LogP contribution in [0.5, 0.6) is 5.75 Å². The molecule has 0 aromatic heterocycles. The highest BCUT2D eigenvalue weighted by atomic mass is 16.5. The van der Waals surface area contributed by atoms with Crippen molar-refractivity contribution in [3.05, 3.63) is 108 Å². The van der Waals surface area contributed by atoms with E-state index >= 15 is 0 Å². The molecule has 0 radical (unpaired) electrons. The van der Waals surface area contributed by atoms with Crippen LogP contribution in [-0.4, -0.2) is 14.1 Å². The van der Waals surface area contributed by atoms with Crippen LogP contribution in [0.4, 0.5) is 5.69 Å². The van der Waals surface area contributed by atoms with Gasteiger partial charge in [0.05, 0.1) is 6.04 Å². The van der Waals surface area contributed by atoms with Gasteiger partial charge in [0.25, 0.3) is 0 Å². The maximum Gasteiger partial charge on any atom is 0.177 e. The van der Waals surface area contributed by atoms with E-state index in [1.54, 1.807) is 0 Å². The van der Waals surface area contributed by atoms with E-state index < -0.39 is 0 Å². The van der Waals surface area contributed by atoms with Crippen molar-refractivity contribution in [1.82, 2.24) is 5.32 Å². The minimum absolute atomic E-state index is 0.0598. The number of benzene rings is 4. The van der Waals surface area contributed by atoms with Crippen molar-refractivity contribution in [1.29, 1.82) is 0 Å². The Labute approximate surface area is 171 Å². The van der Waals surface area contributed by atoms with E-state index in [0.717, 1.165) is 11.3 Å². The summed E-state index contributed by atoms with van der Waals surface area (Å²) in [5, 5.41) is 6.20. The zero-order valence-electron chi connectivity index (χ0n) is 16.7. The third-order valence-electron chi connectivity index (χ3n) is 5.63. The van der Waals surface area contributed by atoms with Crippen LogP contribution in [0.25, 0.3) is 10.8 Å². The summed E-state index contributed by atoms with van der Waals surface area (Å²) in [6, 6.07) is 32.0.